The molecule has 0 spiro atoms. The fourth-order valence-electron chi connectivity index (χ4n) is 1.74. The second-order valence-corrected chi connectivity index (χ2v) is 3.99. The first kappa shape index (κ1) is 11.8. The summed E-state index contributed by atoms with van der Waals surface area (Å²) in [5.74, 6) is 0.303. The average Bonchev–Trinajstić information content (AvgIpc) is 2.39. The van der Waals surface area contributed by atoms with E-state index in [1.54, 1.807) is 24.5 Å². The van der Waals surface area contributed by atoms with Crippen molar-refractivity contribution in [3.8, 4) is 5.75 Å². The first-order chi connectivity index (χ1) is 8.34. The lowest BCUT2D eigenvalue weighted by Crippen LogP contribution is -2.22. The highest BCUT2D eigenvalue weighted by Crippen LogP contribution is 2.12. The standard InChI is InChI=1S/C13H16N2O2/c16-13(17-12-4-2-8-15-10-12)6-5-11-3-1-7-14-9-11/h2-4,8,10,14H,1,5-7,9H2. The molecular formula is C13H16N2O2. The maximum absolute atomic E-state index is 11.6. The first-order valence-electron chi connectivity index (χ1n) is 5.84. The molecule has 1 aromatic heterocycles. The molecule has 0 bridgehead atoms. The molecule has 4 nitrogen and oxygen atoms in total. The number of aromatic nitrogens is 1. The van der Waals surface area contributed by atoms with Crippen LogP contribution in [0.25, 0.3) is 0 Å². The van der Waals surface area contributed by atoms with Gasteiger partial charge in [-0.05, 0) is 31.5 Å². The van der Waals surface area contributed by atoms with Gasteiger partial charge in [0.2, 0.25) is 0 Å². The van der Waals surface area contributed by atoms with Crippen LogP contribution in [-0.4, -0.2) is 24.0 Å². The molecule has 0 atom stereocenters. The third-order valence-electron chi connectivity index (χ3n) is 2.62. The molecule has 1 aromatic rings. The Morgan fingerprint density at radius 2 is 2.47 bits per heavy atom. The summed E-state index contributed by atoms with van der Waals surface area (Å²) in [6, 6.07) is 3.47. The summed E-state index contributed by atoms with van der Waals surface area (Å²) < 4.78 is 5.16. The molecule has 1 aliphatic heterocycles. The zero-order valence-electron chi connectivity index (χ0n) is 9.69. The molecule has 0 aromatic carbocycles. The van der Waals surface area contributed by atoms with Crippen LogP contribution in [0.3, 0.4) is 0 Å². The first-order valence-corrected chi connectivity index (χ1v) is 5.84. The van der Waals surface area contributed by atoms with Gasteiger partial charge in [-0.2, -0.15) is 0 Å². The van der Waals surface area contributed by atoms with Crippen LogP contribution in [0.15, 0.2) is 36.2 Å². The normalized spacial score (nSPS) is 15.2. The van der Waals surface area contributed by atoms with Gasteiger partial charge in [0.25, 0.3) is 0 Å². The minimum Gasteiger partial charge on any atom is -0.425 e. The van der Waals surface area contributed by atoms with Crippen molar-refractivity contribution in [2.45, 2.75) is 19.3 Å². The van der Waals surface area contributed by atoms with Gasteiger partial charge in [0.15, 0.2) is 0 Å². The van der Waals surface area contributed by atoms with Crippen LogP contribution in [0.1, 0.15) is 19.3 Å². The molecule has 2 heterocycles. The Kier molecular flexibility index (Phi) is 4.27. The molecule has 1 N–H and O–H groups in total. The molecule has 0 fully saturated rings. The SMILES string of the molecule is O=C(CCC1=CCCNC1)Oc1cccnc1. The van der Waals surface area contributed by atoms with Gasteiger partial charge in [-0.15, -0.1) is 0 Å². The van der Waals surface area contributed by atoms with Gasteiger partial charge in [-0.1, -0.05) is 11.6 Å². The summed E-state index contributed by atoms with van der Waals surface area (Å²) >= 11 is 0. The highest BCUT2D eigenvalue weighted by atomic mass is 16.5. The molecule has 1 aliphatic rings. The van der Waals surface area contributed by atoms with E-state index in [4.69, 9.17) is 4.74 Å². The number of hydrogen-bond acceptors (Lipinski definition) is 4. The number of pyridine rings is 1. The van der Waals surface area contributed by atoms with Crippen molar-refractivity contribution in [1.29, 1.82) is 0 Å². The van der Waals surface area contributed by atoms with Crippen molar-refractivity contribution >= 4 is 5.97 Å². The Morgan fingerprint density at radius 1 is 1.53 bits per heavy atom. The molecule has 0 radical (unpaired) electrons. The molecule has 4 heteroatoms. The Hall–Kier alpha value is -1.68. The van der Waals surface area contributed by atoms with E-state index in [2.05, 4.69) is 16.4 Å². The summed E-state index contributed by atoms with van der Waals surface area (Å²) in [7, 11) is 0. The van der Waals surface area contributed by atoms with E-state index in [0.29, 0.717) is 12.2 Å². The predicted molar refractivity (Wildman–Crippen MR) is 64.7 cm³/mol. The Morgan fingerprint density at radius 3 is 3.18 bits per heavy atom. The van der Waals surface area contributed by atoms with E-state index in [-0.39, 0.29) is 5.97 Å². The minimum atomic E-state index is -0.204. The largest absolute Gasteiger partial charge is 0.425 e. The van der Waals surface area contributed by atoms with Gasteiger partial charge in [-0.25, -0.2) is 0 Å². The highest BCUT2D eigenvalue weighted by Gasteiger charge is 2.08. The van der Waals surface area contributed by atoms with Crippen molar-refractivity contribution in [2.75, 3.05) is 13.1 Å². The maximum Gasteiger partial charge on any atom is 0.311 e. The quantitative estimate of drug-likeness (QED) is 0.634. The fraction of sp³-hybridized carbons (Fsp3) is 0.385. The lowest BCUT2D eigenvalue weighted by Gasteiger charge is -2.13. The summed E-state index contributed by atoms with van der Waals surface area (Å²) in [5, 5.41) is 3.28. The maximum atomic E-state index is 11.6. The van der Waals surface area contributed by atoms with E-state index in [1.165, 1.54) is 5.57 Å². The Bertz CT molecular complexity index is 401. The van der Waals surface area contributed by atoms with Crippen molar-refractivity contribution in [3.05, 3.63) is 36.2 Å². The van der Waals surface area contributed by atoms with Crippen molar-refractivity contribution in [1.82, 2.24) is 10.3 Å². The number of carbonyl (C=O) groups excluding carboxylic acids is 1. The van der Waals surface area contributed by atoms with Crippen LogP contribution in [0, 0.1) is 0 Å². The molecule has 0 saturated carbocycles. The lowest BCUT2D eigenvalue weighted by molar-refractivity contribution is -0.134. The van der Waals surface area contributed by atoms with Crippen LogP contribution < -0.4 is 10.1 Å². The van der Waals surface area contributed by atoms with Gasteiger partial charge in [0, 0.05) is 19.2 Å². The summed E-state index contributed by atoms with van der Waals surface area (Å²) in [6.45, 7) is 1.92. The van der Waals surface area contributed by atoms with Crippen molar-refractivity contribution in [2.24, 2.45) is 0 Å². The number of nitrogens with one attached hydrogen (secondary N) is 1. The third kappa shape index (κ3) is 4.00. The number of hydrogen-bond donors (Lipinski definition) is 1. The van der Waals surface area contributed by atoms with E-state index in [9.17, 15) is 4.79 Å². The van der Waals surface area contributed by atoms with Gasteiger partial charge >= 0.3 is 5.97 Å². The summed E-state index contributed by atoms with van der Waals surface area (Å²) in [4.78, 5) is 15.4. The van der Waals surface area contributed by atoms with Crippen molar-refractivity contribution < 1.29 is 9.53 Å². The van der Waals surface area contributed by atoms with Crippen LogP contribution in [0.4, 0.5) is 0 Å². The Labute approximate surface area is 101 Å². The van der Waals surface area contributed by atoms with Gasteiger partial charge < -0.3 is 10.1 Å². The number of carbonyl (C=O) groups is 1. The summed E-state index contributed by atoms with van der Waals surface area (Å²) in [5.41, 5.74) is 1.29. The van der Waals surface area contributed by atoms with E-state index in [0.717, 1.165) is 25.9 Å². The molecule has 0 saturated heterocycles. The zero-order valence-corrected chi connectivity index (χ0v) is 9.69. The second kappa shape index (κ2) is 6.15. The molecular weight excluding hydrogens is 216 g/mol. The van der Waals surface area contributed by atoms with Gasteiger partial charge in [-0.3, -0.25) is 9.78 Å². The zero-order chi connectivity index (χ0) is 11.9. The monoisotopic (exact) mass is 232 g/mol. The Balaban J connectivity index is 1.76. The van der Waals surface area contributed by atoms with E-state index in [1.807, 2.05) is 0 Å². The van der Waals surface area contributed by atoms with Crippen LogP contribution >= 0.6 is 0 Å². The van der Waals surface area contributed by atoms with Gasteiger partial charge in [0.05, 0.1) is 6.20 Å². The van der Waals surface area contributed by atoms with E-state index >= 15 is 0 Å². The average molecular weight is 232 g/mol. The van der Waals surface area contributed by atoms with E-state index < -0.39 is 0 Å². The molecule has 2 rings (SSSR count). The number of rotatable bonds is 4. The molecule has 0 unspecified atom stereocenters. The number of esters is 1. The van der Waals surface area contributed by atoms with Crippen LogP contribution in [0.2, 0.25) is 0 Å². The number of nitrogens with zero attached hydrogens (tertiary/aromatic N) is 1. The highest BCUT2D eigenvalue weighted by molar-refractivity contribution is 5.72. The minimum absolute atomic E-state index is 0.204. The van der Waals surface area contributed by atoms with Gasteiger partial charge in [0.1, 0.15) is 5.75 Å². The molecule has 17 heavy (non-hydrogen) atoms. The summed E-state index contributed by atoms with van der Waals surface area (Å²) in [6.07, 6.45) is 7.63. The fourth-order valence-corrected chi connectivity index (χ4v) is 1.74. The molecule has 0 amide bonds. The van der Waals surface area contributed by atoms with Crippen LogP contribution in [0.5, 0.6) is 5.75 Å². The topological polar surface area (TPSA) is 51.2 Å². The predicted octanol–water partition coefficient (Wildman–Crippen LogP) is 1.69. The second-order valence-electron chi connectivity index (χ2n) is 3.99. The molecule has 90 valence electrons. The van der Waals surface area contributed by atoms with Crippen molar-refractivity contribution in [3.63, 3.8) is 0 Å². The lowest BCUT2D eigenvalue weighted by atomic mass is 10.1. The van der Waals surface area contributed by atoms with Crippen LogP contribution in [-0.2, 0) is 4.79 Å². The molecule has 0 aliphatic carbocycles. The number of ether oxygens (including phenoxy) is 1. The third-order valence-corrected chi connectivity index (χ3v) is 2.62. The smallest absolute Gasteiger partial charge is 0.311 e.